The van der Waals surface area contributed by atoms with E-state index >= 15 is 0 Å². The van der Waals surface area contributed by atoms with Crippen molar-refractivity contribution in [3.8, 4) is 0 Å². The molecule has 1 saturated heterocycles. The fourth-order valence-corrected chi connectivity index (χ4v) is 3.44. The third-order valence-electron chi connectivity index (χ3n) is 5.40. The number of piperidine rings is 1. The number of esters is 1. The molecular weight excluding hydrogens is 424 g/mol. The molecule has 1 unspecified atom stereocenters. The number of carbonyl (C=O) groups is 2. The standard InChI is InChI=1S/C22H23F2N3O5/c1-13-8-10-26(11-9-13)18-7-6-15(12-19(18)27(30)31)22(29)32-14(2)21(28)25-20-16(23)4-3-5-17(20)24/h3-7,12-14H,8-11H2,1-2H3,(H,25,28). The lowest BCUT2D eigenvalue weighted by Gasteiger charge is -2.31. The van der Waals surface area contributed by atoms with Gasteiger partial charge in [0.25, 0.3) is 11.6 Å². The number of rotatable bonds is 6. The molecule has 1 N–H and O–H groups in total. The van der Waals surface area contributed by atoms with Crippen LogP contribution in [0.3, 0.4) is 0 Å². The Hall–Kier alpha value is -3.56. The lowest BCUT2D eigenvalue weighted by molar-refractivity contribution is -0.384. The lowest BCUT2D eigenvalue weighted by atomic mass is 9.98. The van der Waals surface area contributed by atoms with Gasteiger partial charge in [0, 0.05) is 19.2 Å². The summed E-state index contributed by atoms with van der Waals surface area (Å²) in [5.41, 5.74) is -0.586. The highest BCUT2D eigenvalue weighted by molar-refractivity contribution is 5.98. The first-order chi connectivity index (χ1) is 15.2. The zero-order chi connectivity index (χ0) is 23.4. The summed E-state index contributed by atoms with van der Waals surface area (Å²) < 4.78 is 32.5. The first-order valence-electron chi connectivity index (χ1n) is 10.2. The smallest absolute Gasteiger partial charge is 0.339 e. The molecule has 1 aliphatic heterocycles. The van der Waals surface area contributed by atoms with Crippen molar-refractivity contribution < 1.29 is 28.0 Å². The van der Waals surface area contributed by atoms with Crippen molar-refractivity contribution in [1.82, 2.24) is 0 Å². The highest BCUT2D eigenvalue weighted by Gasteiger charge is 2.27. The third-order valence-corrected chi connectivity index (χ3v) is 5.40. The number of nitrogens with one attached hydrogen (secondary N) is 1. The van der Waals surface area contributed by atoms with Crippen LogP contribution in [0, 0.1) is 27.7 Å². The zero-order valence-corrected chi connectivity index (χ0v) is 17.6. The van der Waals surface area contributed by atoms with Crippen LogP contribution in [-0.2, 0) is 9.53 Å². The molecule has 0 saturated carbocycles. The molecule has 32 heavy (non-hydrogen) atoms. The molecule has 1 fully saturated rings. The van der Waals surface area contributed by atoms with Crippen LogP contribution < -0.4 is 10.2 Å². The molecule has 8 nitrogen and oxygen atoms in total. The molecule has 0 spiro atoms. The number of amides is 1. The first-order valence-corrected chi connectivity index (χ1v) is 10.2. The summed E-state index contributed by atoms with van der Waals surface area (Å²) in [7, 11) is 0. The Kier molecular flexibility index (Phi) is 7.01. The summed E-state index contributed by atoms with van der Waals surface area (Å²) >= 11 is 0. The van der Waals surface area contributed by atoms with E-state index in [-0.39, 0.29) is 11.3 Å². The average molecular weight is 447 g/mol. The van der Waals surface area contributed by atoms with Crippen LogP contribution in [0.1, 0.15) is 37.0 Å². The van der Waals surface area contributed by atoms with Gasteiger partial charge in [0.1, 0.15) is 23.0 Å². The molecule has 0 bridgehead atoms. The van der Waals surface area contributed by atoms with Gasteiger partial charge in [-0.05, 0) is 49.9 Å². The van der Waals surface area contributed by atoms with E-state index in [1.54, 1.807) is 0 Å². The van der Waals surface area contributed by atoms with Gasteiger partial charge in [-0.3, -0.25) is 14.9 Å². The van der Waals surface area contributed by atoms with Crippen LogP contribution in [-0.4, -0.2) is 36.0 Å². The van der Waals surface area contributed by atoms with E-state index < -0.39 is 40.2 Å². The van der Waals surface area contributed by atoms with E-state index in [1.807, 2.05) is 10.2 Å². The third kappa shape index (κ3) is 5.19. The summed E-state index contributed by atoms with van der Waals surface area (Å²) in [6.07, 6.45) is 0.427. The molecule has 0 radical (unpaired) electrons. The normalized spacial score (nSPS) is 15.2. The van der Waals surface area contributed by atoms with E-state index in [0.29, 0.717) is 24.7 Å². The number of hydrogen-bond donors (Lipinski definition) is 1. The van der Waals surface area contributed by atoms with E-state index in [1.165, 1.54) is 19.1 Å². The Bertz CT molecular complexity index is 1020. The fourth-order valence-electron chi connectivity index (χ4n) is 3.44. The summed E-state index contributed by atoms with van der Waals surface area (Å²) in [6.45, 7) is 4.71. The number of carbonyl (C=O) groups excluding carboxylic acids is 2. The van der Waals surface area contributed by atoms with Gasteiger partial charge in [-0.2, -0.15) is 0 Å². The highest BCUT2D eigenvalue weighted by Crippen LogP contribution is 2.32. The van der Waals surface area contributed by atoms with Crippen molar-refractivity contribution in [2.75, 3.05) is 23.3 Å². The largest absolute Gasteiger partial charge is 0.449 e. The number of halogens is 2. The van der Waals surface area contributed by atoms with Gasteiger partial charge >= 0.3 is 5.97 Å². The monoisotopic (exact) mass is 447 g/mol. The number of nitrogens with zero attached hydrogens (tertiary/aromatic N) is 2. The fraction of sp³-hybridized carbons (Fsp3) is 0.364. The number of anilines is 2. The molecule has 2 aromatic carbocycles. The second kappa shape index (κ2) is 9.71. The molecular formula is C22H23F2N3O5. The summed E-state index contributed by atoms with van der Waals surface area (Å²) in [6, 6.07) is 7.08. The molecule has 10 heteroatoms. The molecule has 1 aliphatic rings. The minimum absolute atomic E-state index is 0.109. The van der Waals surface area contributed by atoms with E-state index in [4.69, 9.17) is 4.74 Å². The molecule has 1 amide bonds. The molecule has 2 aromatic rings. The maximum Gasteiger partial charge on any atom is 0.339 e. The van der Waals surface area contributed by atoms with Gasteiger partial charge in [-0.1, -0.05) is 13.0 Å². The van der Waals surface area contributed by atoms with Crippen molar-refractivity contribution in [2.24, 2.45) is 5.92 Å². The lowest BCUT2D eigenvalue weighted by Crippen LogP contribution is -2.33. The van der Waals surface area contributed by atoms with E-state index in [2.05, 4.69) is 6.92 Å². The van der Waals surface area contributed by atoms with E-state index in [0.717, 1.165) is 37.1 Å². The van der Waals surface area contributed by atoms with E-state index in [9.17, 15) is 28.5 Å². The van der Waals surface area contributed by atoms with Crippen LogP contribution >= 0.6 is 0 Å². The van der Waals surface area contributed by atoms with Crippen molar-refractivity contribution in [2.45, 2.75) is 32.8 Å². The van der Waals surface area contributed by atoms with Gasteiger partial charge in [0.2, 0.25) is 0 Å². The summed E-state index contributed by atoms with van der Waals surface area (Å²) in [5, 5.41) is 13.6. The van der Waals surface area contributed by atoms with Gasteiger partial charge in [-0.25, -0.2) is 13.6 Å². The molecule has 0 aliphatic carbocycles. The van der Waals surface area contributed by atoms with Gasteiger partial charge < -0.3 is 15.0 Å². The Morgan fingerprint density at radius 2 is 1.81 bits per heavy atom. The van der Waals surface area contributed by atoms with Gasteiger partial charge in [0.05, 0.1) is 10.5 Å². The number of nitro groups is 1. The Balaban J connectivity index is 1.72. The van der Waals surface area contributed by atoms with Crippen LogP contribution in [0.25, 0.3) is 0 Å². The molecule has 170 valence electrons. The quantitative estimate of drug-likeness (QED) is 0.403. The van der Waals surface area contributed by atoms with Crippen molar-refractivity contribution in [3.63, 3.8) is 0 Å². The maximum atomic E-state index is 13.7. The molecule has 1 heterocycles. The number of nitro benzene ring substituents is 1. The predicted octanol–water partition coefficient (Wildman–Crippen LogP) is 4.29. The number of ether oxygens (including phenoxy) is 1. The first kappa shape index (κ1) is 23.1. The predicted molar refractivity (Wildman–Crippen MR) is 114 cm³/mol. The zero-order valence-electron chi connectivity index (χ0n) is 17.6. The van der Waals surface area contributed by atoms with Crippen LogP contribution in [0.2, 0.25) is 0 Å². The number of para-hydroxylation sites is 1. The van der Waals surface area contributed by atoms with Crippen LogP contribution in [0.5, 0.6) is 0 Å². The molecule has 3 rings (SSSR count). The van der Waals surface area contributed by atoms with Crippen LogP contribution in [0.15, 0.2) is 36.4 Å². The Morgan fingerprint density at radius 3 is 2.41 bits per heavy atom. The second-order valence-corrected chi connectivity index (χ2v) is 7.76. The minimum Gasteiger partial charge on any atom is -0.449 e. The Labute approximate surface area is 183 Å². The average Bonchev–Trinajstić information content (AvgIpc) is 2.76. The second-order valence-electron chi connectivity index (χ2n) is 7.76. The molecule has 1 atom stereocenters. The number of hydrogen-bond acceptors (Lipinski definition) is 6. The number of benzene rings is 2. The van der Waals surface area contributed by atoms with Crippen molar-refractivity contribution in [1.29, 1.82) is 0 Å². The van der Waals surface area contributed by atoms with Gasteiger partial charge in [0.15, 0.2) is 6.10 Å². The summed E-state index contributed by atoms with van der Waals surface area (Å²) in [4.78, 5) is 37.6. The highest BCUT2D eigenvalue weighted by atomic mass is 19.1. The van der Waals surface area contributed by atoms with Crippen molar-refractivity contribution in [3.05, 3.63) is 63.7 Å². The van der Waals surface area contributed by atoms with Gasteiger partial charge in [-0.15, -0.1) is 0 Å². The topological polar surface area (TPSA) is 102 Å². The minimum atomic E-state index is -1.40. The Morgan fingerprint density at radius 1 is 1.19 bits per heavy atom. The van der Waals surface area contributed by atoms with Crippen molar-refractivity contribution >= 4 is 28.9 Å². The summed E-state index contributed by atoms with van der Waals surface area (Å²) in [5.74, 6) is -3.32. The SMILES string of the molecule is CC1CCN(c2ccc(C(=O)OC(C)C(=O)Nc3c(F)cccc3F)cc2[N+](=O)[O-])CC1. The maximum absolute atomic E-state index is 13.7. The molecule has 0 aromatic heterocycles. The van der Waals surface area contributed by atoms with Crippen LogP contribution in [0.4, 0.5) is 25.8 Å².